The number of amidine groups is 1. The maximum Gasteiger partial charge on any atom is 0.138 e. The fraction of sp³-hybridized carbons (Fsp3) is 0.588. The third-order valence-electron chi connectivity index (χ3n) is 5.10. The third kappa shape index (κ3) is 2.95. The van der Waals surface area contributed by atoms with Crippen LogP contribution in [0.3, 0.4) is 0 Å². The van der Waals surface area contributed by atoms with E-state index >= 15 is 0 Å². The Labute approximate surface area is 125 Å². The van der Waals surface area contributed by atoms with Gasteiger partial charge in [-0.3, -0.25) is 10.3 Å². The largest absolute Gasteiger partial charge is 0.384 e. The molecule has 3 N–H and O–H groups in total. The van der Waals surface area contributed by atoms with Crippen LogP contribution in [0.2, 0.25) is 0 Å². The minimum absolute atomic E-state index is 0.191. The summed E-state index contributed by atoms with van der Waals surface area (Å²) >= 11 is 0. The van der Waals surface area contributed by atoms with Crippen LogP contribution >= 0.6 is 0 Å². The molecule has 0 amide bonds. The highest BCUT2D eigenvalue weighted by Gasteiger charge is 2.33. The van der Waals surface area contributed by atoms with Gasteiger partial charge in [0.15, 0.2) is 0 Å². The summed E-state index contributed by atoms with van der Waals surface area (Å²) in [5.74, 6) is 0.290. The Morgan fingerprint density at radius 1 is 1.24 bits per heavy atom. The van der Waals surface area contributed by atoms with Crippen molar-refractivity contribution in [2.45, 2.75) is 51.1 Å². The van der Waals surface area contributed by atoms with Crippen molar-refractivity contribution in [2.75, 3.05) is 6.54 Å². The second-order valence-electron chi connectivity index (χ2n) is 6.42. The molecular formula is C17H24FN3. The molecule has 1 saturated heterocycles. The monoisotopic (exact) mass is 289 g/mol. The molecule has 1 aromatic carbocycles. The molecule has 1 aliphatic carbocycles. The van der Waals surface area contributed by atoms with Crippen molar-refractivity contribution < 1.29 is 4.39 Å². The lowest BCUT2D eigenvalue weighted by atomic mass is 9.78. The highest BCUT2D eigenvalue weighted by Crippen LogP contribution is 2.36. The number of fused-ring (bicyclic) bond motifs is 1. The summed E-state index contributed by atoms with van der Waals surface area (Å²) in [5.41, 5.74) is 6.35. The number of likely N-dealkylation sites (tertiary alicyclic amines) is 1. The second kappa shape index (κ2) is 6.14. The van der Waals surface area contributed by atoms with Gasteiger partial charge in [-0.25, -0.2) is 4.39 Å². The number of halogens is 1. The Morgan fingerprint density at radius 2 is 2.00 bits per heavy atom. The summed E-state index contributed by atoms with van der Waals surface area (Å²) < 4.78 is 14.5. The molecule has 0 bridgehead atoms. The van der Waals surface area contributed by atoms with Gasteiger partial charge >= 0.3 is 0 Å². The number of nitrogen functional groups attached to an aromatic ring is 1. The van der Waals surface area contributed by atoms with E-state index in [4.69, 9.17) is 11.1 Å². The Balaban J connectivity index is 1.79. The standard InChI is InChI=1S/C17H24FN3/c18-16-13(6-3-8-14(16)17(19)20)11-21-10-4-7-12-5-1-2-9-15(12)21/h3,6,8,12,15H,1-2,4-5,7,9-11H2,(H3,19,20). The number of benzene rings is 1. The maximum absolute atomic E-state index is 14.5. The van der Waals surface area contributed by atoms with Gasteiger partial charge in [0, 0.05) is 18.2 Å². The Kier molecular flexibility index (Phi) is 4.24. The highest BCUT2D eigenvalue weighted by atomic mass is 19.1. The molecule has 4 heteroatoms. The van der Waals surface area contributed by atoms with Crippen LogP contribution in [0.4, 0.5) is 4.39 Å². The zero-order valence-electron chi connectivity index (χ0n) is 12.4. The van der Waals surface area contributed by atoms with Gasteiger partial charge in [-0.15, -0.1) is 0 Å². The average Bonchev–Trinajstić information content (AvgIpc) is 2.49. The van der Waals surface area contributed by atoms with E-state index in [1.54, 1.807) is 12.1 Å². The molecule has 0 spiro atoms. The molecule has 2 unspecified atom stereocenters. The normalized spacial score (nSPS) is 26.3. The zero-order chi connectivity index (χ0) is 14.8. The van der Waals surface area contributed by atoms with Gasteiger partial charge in [0.25, 0.3) is 0 Å². The zero-order valence-corrected chi connectivity index (χ0v) is 12.4. The predicted molar refractivity (Wildman–Crippen MR) is 82.8 cm³/mol. The summed E-state index contributed by atoms with van der Waals surface area (Å²) in [7, 11) is 0. The molecule has 2 fully saturated rings. The van der Waals surface area contributed by atoms with Crippen LogP contribution in [-0.4, -0.2) is 23.3 Å². The van der Waals surface area contributed by atoms with Crippen LogP contribution in [-0.2, 0) is 6.54 Å². The Bertz CT molecular complexity index is 527. The Hall–Kier alpha value is -1.42. The molecule has 0 aromatic heterocycles. The van der Waals surface area contributed by atoms with Crippen molar-refractivity contribution in [1.82, 2.24) is 4.90 Å². The van der Waals surface area contributed by atoms with E-state index in [2.05, 4.69) is 4.90 Å². The van der Waals surface area contributed by atoms with Crippen LogP contribution in [0.5, 0.6) is 0 Å². The van der Waals surface area contributed by atoms with E-state index in [1.807, 2.05) is 6.07 Å². The first kappa shape index (κ1) is 14.5. The van der Waals surface area contributed by atoms with Gasteiger partial charge < -0.3 is 5.73 Å². The first-order valence-electron chi connectivity index (χ1n) is 8.02. The van der Waals surface area contributed by atoms with E-state index in [9.17, 15) is 4.39 Å². The van der Waals surface area contributed by atoms with E-state index in [-0.39, 0.29) is 17.2 Å². The summed E-state index contributed by atoms with van der Waals surface area (Å²) in [6.45, 7) is 1.71. The van der Waals surface area contributed by atoms with E-state index in [0.29, 0.717) is 18.2 Å². The van der Waals surface area contributed by atoms with Gasteiger partial charge in [-0.2, -0.15) is 0 Å². The number of hydrogen-bond donors (Lipinski definition) is 2. The lowest BCUT2D eigenvalue weighted by Gasteiger charge is -2.44. The van der Waals surface area contributed by atoms with Crippen LogP contribution in [0, 0.1) is 17.1 Å². The van der Waals surface area contributed by atoms with Crippen molar-refractivity contribution in [1.29, 1.82) is 5.41 Å². The summed E-state index contributed by atoms with van der Waals surface area (Å²) in [6.07, 6.45) is 7.78. The van der Waals surface area contributed by atoms with Gasteiger partial charge in [0.2, 0.25) is 0 Å². The molecule has 3 rings (SSSR count). The summed E-state index contributed by atoms with van der Waals surface area (Å²) in [4.78, 5) is 2.45. The molecule has 1 aromatic rings. The number of hydrogen-bond acceptors (Lipinski definition) is 2. The predicted octanol–water partition coefficient (Wildman–Crippen LogP) is 3.26. The van der Waals surface area contributed by atoms with Crippen molar-refractivity contribution in [3.05, 3.63) is 35.1 Å². The van der Waals surface area contributed by atoms with Crippen molar-refractivity contribution in [2.24, 2.45) is 11.7 Å². The van der Waals surface area contributed by atoms with E-state index < -0.39 is 0 Å². The minimum atomic E-state index is -0.317. The van der Waals surface area contributed by atoms with Gasteiger partial charge in [0.05, 0.1) is 5.56 Å². The first-order valence-corrected chi connectivity index (χ1v) is 8.02. The fourth-order valence-corrected chi connectivity index (χ4v) is 4.05. The van der Waals surface area contributed by atoms with Gasteiger partial charge in [-0.1, -0.05) is 25.0 Å². The van der Waals surface area contributed by atoms with Crippen molar-refractivity contribution in [3.8, 4) is 0 Å². The number of nitrogens with two attached hydrogens (primary N) is 1. The molecule has 3 nitrogen and oxygen atoms in total. The number of nitrogens with one attached hydrogen (secondary N) is 1. The topological polar surface area (TPSA) is 53.1 Å². The molecule has 114 valence electrons. The quantitative estimate of drug-likeness (QED) is 0.663. The van der Waals surface area contributed by atoms with Crippen molar-refractivity contribution >= 4 is 5.84 Å². The molecule has 21 heavy (non-hydrogen) atoms. The highest BCUT2D eigenvalue weighted by molar-refractivity contribution is 5.95. The SMILES string of the molecule is N=C(N)c1cccc(CN2CCCC3CCCCC32)c1F. The molecule has 1 saturated carbocycles. The van der Waals surface area contributed by atoms with Gasteiger partial charge in [-0.05, 0) is 44.2 Å². The molecule has 1 heterocycles. The van der Waals surface area contributed by atoms with E-state index in [0.717, 1.165) is 12.5 Å². The number of piperidine rings is 1. The van der Waals surface area contributed by atoms with Crippen LogP contribution < -0.4 is 5.73 Å². The lowest BCUT2D eigenvalue weighted by molar-refractivity contribution is 0.0539. The van der Waals surface area contributed by atoms with E-state index in [1.165, 1.54) is 38.5 Å². The van der Waals surface area contributed by atoms with Crippen LogP contribution in [0.1, 0.15) is 49.7 Å². The molecule has 1 aliphatic heterocycles. The Morgan fingerprint density at radius 3 is 2.81 bits per heavy atom. The summed E-state index contributed by atoms with van der Waals surface area (Å²) in [6, 6.07) is 5.83. The van der Waals surface area contributed by atoms with Crippen LogP contribution in [0.15, 0.2) is 18.2 Å². The molecular weight excluding hydrogens is 265 g/mol. The number of rotatable bonds is 3. The van der Waals surface area contributed by atoms with Crippen molar-refractivity contribution in [3.63, 3.8) is 0 Å². The lowest BCUT2D eigenvalue weighted by Crippen LogP contribution is -2.46. The average molecular weight is 289 g/mol. The number of nitrogens with zero attached hydrogens (tertiary/aromatic N) is 1. The van der Waals surface area contributed by atoms with Gasteiger partial charge in [0.1, 0.15) is 11.7 Å². The smallest absolute Gasteiger partial charge is 0.138 e. The minimum Gasteiger partial charge on any atom is -0.384 e. The van der Waals surface area contributed by atoms with Crippen LogP contribution in [0.25, 0.3) is 0 Å². The fourth-order valence-electron chi connectivity index (χ4n) is 4.05. The first-order chi connectivity index (χ1) is 10.2. The maximum atomic E-state index is 14.5. The third-order valence-corrected chi connectivity index (χ3v) is 5.10. The molecule has 2 atom stereocenters. The molecule has 0 radical (unpaired) electrons. The second-order valence-corrected chi connectivity index (χ2v) is 6.42. The summed E-state index contributed by atoms with van der Waals surface area (Å²) in [5, 5.41) is 7.46. The molecule has 2 aliphatic rings.